The Morgan fingerprint density at radius 2 is 1.92 bits per heavy atom. The normalized spacial score (nSPS) is 15.2. The molecule has 0 bridgehead atoms. The Morgan fingerprint density at radius 1 is 1.42 bits per heavy atom. The van der Waals surface area contributed by atoms with Crippen LogP contribution in [0.5, 0.6) is 0 Å². The number of carbonyl (C=O) groups is 1. The summed E-state index contributed by atoms with van der Waals surface area (Å²) in [6.45, 7) is 1.43. The summed E-state index contributed by atoms with van der Waals surface area (Å²) in [5.74, 6) is 0. The van der Waals surface area contributed by atoms with E-state index >= 15 is 0 Å². The van der Waals surface area contributed by atoms with Gasteiger partial charge in [0.05, 0.1) is 0 Å². The molecule has 1 atom stereocenters. The number of hydrogen-bond donors (Lipinski definition) is 2. The second-order valence-corrected chi connectivity index (χ2v) is 3.15. The van der Waals surface area contributed by atoms with Crippen molar-refractivity contribution in [2.45, 2.75) is 12.5 Å². The van der Waals surface area contributed by atoms with E-state index in [2.05, 4.69) is 12.6 Å². The van der Waals surface area contributed by atoms with Crippen LogP contribution in [0.3, 0.4) is 0 Å². The topological polar surface area (TPSA) is 37.3 Å². The number of aliphatic hydroxyl groups is 1. The molecule has 1 rings (SSSR count). The largest absolute Gasteiger partial charge is 0.377 e. The lowest BCUT2D eigenvalue weighted by Gasteiger charge is -2.18. The van der Waals surface area contributed by atoms with Crippen molar-refractivity contribution in [3.63, 3.8) is 0 Å². The van der Waals surface area contributed by atoms with Crippen molar-refractivity contribution in [3.05, 3.63) is 35.9 Å². The van der Waals surface area contributed by atoms with Crippen LogP contribution >= 0.6 is 12.6 Å². The smallest absolute Gasteiger partial charge is 0.221 e. The first-order valence-electron chi connectivity index (χ1n) is 3.56. The Labute approximate surface area is 76.6 Å². The van der Waals surface area contributed by atoms with Crippen LogP contribution in [0, 0.1) is 0 Å². The van der Waals surface area contributed by atoms with Gasteiger partial charge < -0.3 is 5.11 Å². The molecule has 0 radical (unpaired) electrons. The van der Waals surface area contributed by atoms with Crippen LogP contribution < -0.4 is 0 Å². The molecule has 2 nitrogen and oxygen atoms in total. The lowest BCUT2D eigenvalue weighted by atomic mass is 9.98. The maximum atomic E-state index is 10.9. The number of carbonyl (C=O) groups excluding carboxylic acids is 1. The standard InChI is InChI=1S/C9H10O2S/c1-9(11,8(10)12)7-5-3-2-4-6-7/h2-6,11H,1H3,(H,10,12)/t9-/m0/s1. The fourth-order valence-corrected chi connectivity index (χ4v) is 1.02. The van der Waals surface area contributed by atoms with Crippen molar-refractivity contribution in [2.24, 2.45) is 0 Å². The Balaban J connectivity index is 3.06. The molecule has 0 heterocycles. The van der Waals surface area contributed by atoms with Gasteiger partial charge in [0.15, 0.2) is 5.60 Å². The zero-order valence-electron chi connectivity index (χ0n) is 6.69. The van der Waals surface area contributed by atoms with Crippen molar-refractivity contribution < 1.29 is 9.90 Å². The van der Waals surface area contributed by atoms with Gasteiger partial charge in [-0.25, -0.2) is 0 Å². The van der Waals surface area contributed by atoms with E-state index in [1.807, 2.05) is 6.07 Å². The van der Waals surface area contributed by atoms with E-state index in [1.54, 1.807) is 24.3 Å². The van der Waals surface area contributed by atoms with Gasteiger partial charge >= 0.3 is 0 Å². The van der Waals surface area contributed by atoms with Gasteiger partial charge in [0.2, 0.25) is 5.12 Å². The molecule has 0 aliphatic carbocycles. The third-order valence-electron chi connectivity index (χ3n) is 1.75. The summed E-state index contributed by atoms with van der Waals surface area (Å²) < 4.78 is 0. The molecule has 1 aromatic rings. The SMILES string of the molecule is C[C@@](O)(C(=O)S)c1ccccc1. The average Bonchev–Trinajstić information content (AvgIpc) is 2.06. The van der Waals surface area contributed by atoms with Crippen molar-refractivity contribution in [1.29, 1.82) is 0 Å². The fraction of sp³-hybridized carbons (Fsp3) is 0.222. The van der Waals surface area contributed by atoms with E-state index in [0.717, 1.165) is 0 Å². The fourth-order valence-electron chi connectivity index (χ4n) is 0.886. The molecule has 0 aliphatic rings. The van der Waals surface area contributed by atoms with Gasteiger partial charge in [-0.15, -0.1) is 12.6 Å². The van der Waals surface area contributed by atoms with E-state index < -0.39 is 10.7 Å². The maximum Gasteiger partial charge on any atom is 0.221 e. The molecular weight excluding hydrogens is 172 g/mol. The van der Waals surface area contributed by atoms with Gasteiger partial charge in [0, 0.05) is 0 Å². The average molecular weight is 182 g/mol. The highest BCUT2D eigenvalue weighted by Gasteiger charge is 2.28. The quantitative estimate of drug-likeness (QED) is 0.677. The van der Waals surface area contributed by atoms with E-state index in [9.17, 15) is 9.90 Å². The van der Waals surface area contributed by atoms with Gasteiger partial charge in [0.25, 0.3) is 0 Å². The van der Waals surface area contributed by atoms with E-state index in [4.69, 9.17) is 0 Å². The Morgan fingerprint density at radius 3 is 2.33 bits per heavy atom. The molecule has 1 N–H and O–H groups in total. The minimum Gasteiger partial charge on any atom is -0.377 e. The van der Waals surface area contributed by atoms with E-state index in [0.29, 0.717) is 5.56 Å². The molecule has 0 spiro atoms. The molecule has 0 fully saturated rings. The monoisotopic (exact) mass is 182 g/mol. The summed E-state index contributed by atoms with van der Waals surface area (Å²) in [6.07, 6.45) is 0. The first kappa shape index (κ1) is 9.29. The van der Waals surface area contributed by atoms with Crippen molar-refractivity contribution in [2.75, 3.05) is 0 Å². The van der Waals surface area contributed by atoms with Gasteiger partial charge in [-0.1, -0.05) is 30.3 Å². The Kier molecular flexibility index (Phi) is 2.55. The molecule has 0 saturated heterocycles. The molecule has 1 aromatic carbocycles. The highest BCUT2D eigenvalue weighted by Crippen LogP contribution is 2.22. The second kappa shape index (κ2) is 3.29. The van der Waals surface area contributed by atoms with Crippen LogP contribution in [-0.2, 0) is 10.4 Å². The Hall–Kier alpha value is -0.800. The third kappa shape index (κ3) is 1.68. The molecular formula is C9H10O2S. The van der Waals surface area contributed by atoms with Crippen molar-refractivity contribution in [3.8, 4) is 0 Å². The van der Waals surface area contributed by atoms with Crippen molar-refractivity contribution in [1.82, 2.24) is 0 Å². The zero-order valence-corrected chi connectivity index (χ0v) is 7.58. The van der Waals surface area contributed by atoms with Crippen LogP contribution in [0.15, 0.2) is 30.3 Å². The number of hydrogen-bond acceptors (Lipinski definition) is 2. The van der Waals surface area contributed by atoms with E-state index in [-0.39, 0.29) is 0 Å². The summed E-state index contributed by atoms with van der Waals surface area (Å²) in [4.78, 5) is 10.9. The molecule has 0 aromatic heterocycles. The highest BCUT2D eigenvalue weighted by atomic mass is 32.1. The zero-order chi connectivity index (χ0) is 9.19. The second-order valence-electron chi connectivity index (χ2n) is 2.74. The first-order chi connectivity index (χ1) is 5.55. The summed E-state index contributed by atoms with van der Waals surface area (Å²) in [5.41, 5.74) is -0.922. The predicted octanol–water partition coefficient (Wildman–Crippen LogP) is 1.35. The maximum absolute atomic E-state index is 10.9. The minimum atomic E-state index is -1.48. The van der Waals surface area contributed by atoms with Crippen molar-refractivity contribution >= 4 is 17.7 Å². The predicted molar refractivity (Wildman–Crippen MR) is 50.0 cm³/mol. The molecule has 64 valence electrons. The summed E-state index contributed by atoms with van der Waals surface area (Å²) in [7, 11) is 0. The molecule has 0 saturated carbocycles. The number of benzene rings is 1. The summed E-state index contributed by atoms with van der Waals surface area (Å²) in [5, 5.41) is 9.09. The van der Waals surface area contributed by atoms with Crippen LogP contribution in [0.1, 0.15) is 12.5 Å². The van der Waals surface area contributed by atoms with Gasteiger partial charge in [-0.3, -0.25) is 4.79 Å². The molecule has 0 amide bonds. The molecule has 12 heavy (non-hydrogen) atoms. The highest BCUT2D eigenvalue weighted by molar-refractivity contribution is 7.96. The summed E-state index contributed by atoms with van der Waals surface area (Å²) in [6, 6.07) is 8.73. The molecule has 0 unspecified atom stereocenters. The van der Waals surface area contributed by atoms with E-state index in [1.165, 1.54) is 6.92 Å². The minimum absolute atomic E-state index is 0.547. The van der Waals surface area contributed by atoms with Crippen LogP contribution in [0.2, 0.25) is 0 Å². The lowest BCUT2D eigenvalue weighted by molar-refractivity contribution is -0.126. The first-order valence-corrected chi connectivity index (χ1v) is 4.01. The van der Waals surface area contributed by atoms with Crippen LogP contribution in [-0.4, -0.2) is 10.2 Å². The van der Waals surface area contributed by atoms with Gasteiger partial charge in [0.1, 0.15) is 0 Å². The lowest BCUT2D eigenvalue weighted by Crippen LogP contribution is -2.28. The van der Waals surface area contributed by atoms with Crippen LogP contribution in [0.4, 0.5) is 0 Å². The summed E-state index contributed by atoms with van der Waals surface area (Å²) >= 11 is 3.60. The van der Waals surface area contributed by atoms with Crippen LogP contribution in [0.25, 0.3) is 0 Å². The van der Waals surface area contributed by atoms with Gasteiger partial charge in [-0.2, -0.15) is 0 Å². The molecule has 3 heteroatoms. The number of rotatable bonds is 2. The molecule has 0 aliphatic heterocycles. The Bertz CT molecular complexity index is 280. The van der Waals surface area contributed by atoms with Gasteiger partial charge in [-0.05, 0) is 12.5 Å². The third-order valence-corrected chi connectivity index (χ3v) is 2.19. The number of thiol groups is 1.